The zero-order chi connectivity index (χ0) is 22.2. The van der Waals surface area contributed by atoms with Crippen LogP contribution in [0, 0.1) is 13.8 Å². The molecule has 0 saturated carbocycles. The lowest BCUT2D eigenvalue weighted by molar-refractivity contribution is -0.274. The third-order valence-electron chi connectivity index (χ3n) is 4.76. The molecule has 2 aromatic carbocycles. The van der Waals surface area contributed by atoms with Crippen LogP contribution < -0.4 is 10.1 Å². The van der Waals surface area contributed by atoms with Gasteiger partial charge in [0.15, 0.2) is 0 Å². The average molecular weight is 418 g/mol. The van der Waals surface area contributed by atoms with E-state index >= 15 is 0 Å². The minimum Gasteiger partial charge on any atom is -0.406 e. The van der Waals surface area contributed by atoms with Crippen LogP contribution in [0.5, 0.6) is 5.75 Å². The summed E-state index contributed by atoms with van der Waals surface area (Å²) in [7, 11) is 0. The number of nitrogens with zero attached hydrogens (tertiary/aromatic N) is 1. The van der Waals surface area contributed by atoms with Crippen molar-refractivity contribution in [2.45, 2.75) is 40.1 Å². The zero-order valence-corrected chi connectivity index (χ0v) is 16.9. The molecular formula is C22H21F3N2O3. The SMILES string of the molecule is Cc1ccc(C2=C(Nc3cccc(OC(F)(F)F)c3)C(=O)N(C(C)C)C2=O)cc1C. The van der Waals surface area contributed by atoms with Crippen molar-refractivity contribution < 1.29 is 27.5 Å². The van der Waals surface area contributed by atoms with E-state index in [1.54, 1.807) is 19.9 Å². The molecule has 0 radical (unpaired) electrons. The molecule has 1 aliphatic rings. The smallest absolute Gasteiger partial charge is 0.406 e. The molecule has 30 heavy (non-hydrogen) atoms. The minimum atomic E-state index is -4.84. The van der Waals surface area contributed by atoms with Gasteiger partial charge in [0.25, 0.3) is 11.8 Å². The second-order valence-electron chi connectivity index (χ2n) is 7.32. The molecule has 1 heterocycles. The standard InChI is InChI=1S/C22H21F3N2O3/c1-12(2)27-20(28)18(15-9-8-13(3)14(4)10-15)19(21(27)29)26-16-6-5-7-17(11-16)30-22(23,24)25/h5-12,26H,1-4H3. The average Bonchev–Trinajstić information content (AvgIpc) is 2.86. The maximum Gasteiger partial charge on any atom is 0.573 e. The first-order valence-electron chi connectivity index (χ1n) is 9.30. The Morgan fingerprint density at radius 3 is 2.27 bits per heavy atom. The van der Waals surface area contributed by atoms with Crippen LogP contribution in [0.3, 0.4) is 0 Å². The molecule has 0 bridgehead atoms. The van der Waals surface area contributed by atoms with Crippen molar-refractivity contribution >= 4 is 23.1 Å². The van der Waals surface area contributed by atoms with Gasteiger partial charge >= 0.3 is 6.36 Å². The Morgan fingerprint density at radius 1 is 0.967 bits per heavy atom. The fraction of sp³-hybridized carbons (Fsp3) is 0.273. The molecule has 0 atom stereocenters. The fourth-order valence-electron chi connectivity index (χ4n) is 3.21. The van der Waals surface area contributed by atoms with E-state index in [1.807, 2.05) is 26.0 Å². The monoisotopic (exact) mass is 418 g/mol. The second-order valence-corrected chi connectivity index (χ2v) is 7.32. The van der Waals surface area contributed by atoms with Gasteiger partial charge in [0.05, 0.1) is 5.57 Å². The quantitative estimate of drug-likeness (QED) is 0.709. The van der Waals surface area contributed by atoms with Crippen molar-refractivity contribution in [1.82, 2.24) is 4.90 Å². The Kier molecular flexibility index (Phi) is 5.61. The number of nitrogens with one attached hydrogen (secondary N) is 1. The van der Waals surface area contributed by atoms with E-state index in [2.05, 4.69) is 10.1 Å². The van der Waals surface area contributed by atoms with Crippen molar-refractivity contribution in [1.29, 1.82) is 0 Å². The molecular weight excluding hydrogens is 397 g/mol. The molecule has 2 amide bonds. The number of hydrogen-bond donors (Lipinski definition) is 1. The molecule has 2 aromatic rings. The number of amides is 2. The number of hydrogen-bond acceptors (Lipinski definition) is 4. The van der Waals surface area contributed by atoms with Gasteiger partial charge in [0.1, 0.15) is 11.4 Å². The molecule has 0 spiro atoms. The molecule has 0 unspecified atom stereocenters. The molecule has 1 N–H and O–H groups in total. The van der Waals surface area contributed by atoms with Gasteiger partial charge in [-0.05, 0) is 56.5 Å². The van der Waals surface area contributed by atoms with Gasteiger partial charge in [0, 0.05) is 17.8 Å². The minimum absolute atomic E-state index is 0.0149. The number of ether oxygens (including phenoxy) is 1. The summed E-state index contributed by atoms with van der Waals surface area (Å²) < 4.78 is 41.5. The maximum absolute atomic E-state index is 13.0. The number of aryl methyl sites for hydroxylation is 2. The molecule has 158 valence electrons. The summed E-state index contributed by atoms with van der Waals surface area (Å²) in [5.41, 5.74) is 2.93. The van der Waals surface area contributed by atoms with Gasteiger partial charge in [-0.15, -0.1) is 13.2 Å². The van der Waals surface area contributed by atoms with E-state index in [1.165, 1.54) is 12.1 Å². The topological polar surface area (TPSA) is 58.6 Å². The maximum atomic E-state index is 13.0. The molecule has 5 nitrogen and oxygen atoms in total. The van der Waals surface area contributed by atoms with E-state index < -0.39 is 23.9 Å². The van der Waals surface area contributed by atoms with Gasteiger partial charge in [-0.1, -0.05) is 24.3 Å². The first-order valence-corrected chi connectivity index (χ1v) is 9.30. The highest BCUT2D eigenvalue weighted by molar-refractivity contribution is 6.36. The summed E-state index contributed by atoms with van der Waals surface area (Å²) in [4.78, 5) is 27.2. The van der Waals surface area contributed by atoms with Gasteiger partial charge in [0.2, 0.25) is 0 Å². The number of rotatable bonds is 5. The van der Waals surface area contributed by atoms with Gasteiger partial charge < -0.3 is 10.1 Å². The molecule has 0 aliphatic carbocycles. The van der Waals surface area contributed by atoms with Crippen molar-refractivity contribution in [3.8, 4) is 5.75 Å². The molecule has 0 aromatic heterocycles. The summed E-state index contributed by atoms with van der Waals surface area (Å²) in [5.74, 6) is -1.42. The highest BCUT2D eigenvalue weighted by atomic mass is 19.4. The van der Waals surface area contributed by atoms with Crippen LogP contribution in [0.25, 0.3) is 5.57 Å². The highest BCUT2D eigenvalue weighted by Crippen LogP contribution is 2.33. The molecule has 0 saturated heterocycles. The lowest BCUT2D eigenvalue weighted by Crippen LogP contribution is -2.38. The van der Waals surface area contributed by atoms with Crippen LogP contribution >= 0.6 is 0 Å². The van der Waals surface area contributed by atoms with Crippen LogP contribution in [0.2, 0.25) is 0 Å². The van der Waals surface area contributed by atoms with Crippen LogP contribution in [-0.4, -0.2) is 29.1 Å². The molecule has 1 aliphatic heterocycles. The third-order valence-corrected chi connectivity index (χ3v) is 4.76. The number of alkyl halides is 3. The van der Waals surface area contributed by atoms with Crippen LogP contribution in [-0.2, 0) is 9.59 Å². The zero-order valence-electron chi connectivity index (χ0n) is 16.9. The summed E-state index contributed by atoms with van der Waals surface area (Å²) >= 11 is 0. The summed E-state index contributed by atoms with van der Waals surface area (Å²) in [6.45, 7) is 7.26. The van der Waals surface area contributed by atoms with E-state index in [-0.39, 0.29) is 23.0 Å². The first-order chi connectivity index (χ1) is 14.0. The second kappa shape index (κ2) is 7.85. The number of halogens is 3. The lowest BCUT2D eigenvalue weighted by Gasteiger charge is -2.19. The summed E-state index contributed by atoms with van der Waals surface area (Å²) in [6, 6.07) is 10.1. The first kappa shape index (κ1) is 21.4. The molecule has 3 rings (SSSR count). The number of carbonyl (C=O) groups is 2. The third kappa shape index (κ3) is 4.32. The van der Waals surface area contributed by atoms with Crippen molar-refractivity contribution in [3.63, 3.8) is 0 Å². The highest BCUT2D eigenvalue weighted by Gasteiger charge is 2.40. The summed E-state index contributed by atoms with van der Waals surface area (Å²) in [5, 5.41) is 2.83. The van der Waals surface area contributed by atoms with Crippen molar-refractivity contribution in [3.05, 3.63) is 64.9 Å². The predicted octanol–water partition coefficient (Wildman–Crippen LogP) is 4.80. The predicted molar refractivity (Wildman–Crippen MR) is 107 cm³/mol. The summed E-state index contributed by atoms with van der Waals surface area (Å²) in [6.07, 6.45) is -4.84. The Balaban J connectivity index is 2.06. The van der Waals surface area contributed by atoms with Gasteiger partial charge in [-0.3, -0.25) is 14.5 Å². The van der Waals surface area contributed by atoms with E-state index in [0.717, 1.165) is 28.2 Å². The fourth-order valence-corrected chi connectivity index (χ4v) is 3.21. The Labute approximate surface area is 172 Å². The van der Waals surface area contributed by atoms with Crippen LogP contribution in [0.15, 0.2) is 48.2 Å². The van der Waals surface area contributed by atoms with E-state index in [4.69, 9.17) is 0 Å². The largest absolute Gasteiger partial charge is 0.573 e. The van der Waals surface area contributed by atoms with Crippen LogP contribution in [0.4, 0.5) is 18.9 Å². The van der Waals surface area contributed by atoms with Crippen molar-refractivity contribution in [2.75, 3.05) is 5.32 Å². The van der Waals surface area contributed by atoms with Gasteiger partial charge in [-0.25, -0.2) is 0 Å². The van der Waals surface area contributed by atoms with E-state index in [9.17, 15) is 22.8 Å². The van der Waals surface area contributed by atoms with Crippen LogP contribution in [0.1, 0.15) is 30.5 Å². The number of benzene rings is 2. The molecule has 0 fully saturated rings. The Bertz CT molecular complexity index is 1040. The lowest BCUT2D eigenvalue weighted by atomic mass is 9.99. The van der Waals surface area contributed by atoms with Gasteiger partial charge in [-0.2, -0.15) is 0 Å². The Morgan fingerprint density at radius 2 is 1.67 bits per heavy atom. The Hall–Kier alpha value is -3.29. The normalized spacial score (nSPS) is 14.7. The van der Waals surface area contributed by atoms with E-state index in [0.29, 0.717) is 5.56 Å². The number of carbonyl (C=O) groups excluding carboxylic acids is 2. The molecule has 8 heteroatoms. The van der Waals surface area contributed by atoms with Crippen molar-refractivity contribution in [2.24, 2.45) is 0 Å². The number of anilines is 1. The number of imide groups is 1.